The molecule has 12 heteroatoms. The third-order valence-electron chi connectivity index (χ3n) is 6.93. The second-order valence-electron chi connectivity index (χ2n) is 8.95. The maximum Gasteiger partial charge on any atom is 0.261 e. The molecule has 190 valence electrons. The summed E-state index contributed by atoms with van der Waals surface area (Å²) >= 11 is 6.75. The first-order chi connectivity index (χ1) is 17.9. The number of amides is 2. The summed E-state index contributed by atoms with van der Waals surface area (Å²) in [4.78, 5) is 36.0. The normalized spacial score (nSPS) is 18.6. The van der Waals surface area contributed by atoms with Gasteiger partial charge in [0.2, 0.25) is 5.91 Å². The van der Waals surface area contributed by atoms with Gasteiger partial charge in [-0.05, 0) is 18.2 Å². The Morgan fingerprint density at radius 1 is 1.22 bits per heavy atom. The third-order valence-corrected chi connectivity index (χ3v) is 7.28. The van der Waals surface area contributed by atoms with Crippen LogP contribution in [-0.4, -0.2) is 80.3 Å². The van der Waals surface area contributed by atoms with Gasteiger partial charge in [-0.3, -0.25) is 9.59 Å². The van der Waals surface area contributed by atoms with Gasteiger partial charge < -0.3 is 24.5 Å². The minimum Gasteiger partial charge on any atom is -0.507 e. The highest BCUT2D eigenvalue weighted by Crippen LogP contribution is 2.47. The Morgan fingerprint density at radius 3 is 2.84 bits per heavy atom. The van der Waals surface area contributed by atoms with Crippen LogP contribution in [0, 0.1) is 5.82 Å². The van der Waals surface area contributed by atoms with E-state index in [9.17, 15) is 19.1 Å². The van der Waals surface area contributed by atoms with E-state index in [1.165, 1.54) is 24.3 Å². The molecule has 3 aliphatic rings. The number of ether oxygens (including phenoxy) is 1. The average molecular weight is 525 g/mol. The van der Waals surface area contributed by atoms with E-state index in [1.807, 2.05) is 4.90 Å². The van der Waals surface area contributed by atoms with Crippen molar-refractivity contribution in [2.24, 2.45) is 0 Å². The maximum atomic E-state index is 14.9. The predicted octanol–water partition coefficient (Wildman–Crippen LogP) is 2.83. The number of carbonyl (C=O) groups is 2. The van der Waals surface area contributed by atoms with Crippen LogP contribution in [0.3, 0.4) is 0 Å². The summed E-state index contributed by atoms with van der Waals surface area (Å²) < 4.78 is 22.9. The first-order valence-corrected chi connectivity index (χ1v) is 12.1. The zero-order valence-electron chi connectivity index (χ0n) is 19.6. The van der Waals surface area contributed by atoms with Crippen LogP contribution in [0.5, 0.6) is 11.5 Å². The van der Waals surface area contributed by atoms with Crippen LogP contribution in [0.2, 0.25) is 5.02 Å². The number of pyridine rings is 1. The molecule has 0 aliphatic carbocycles. The minimum atomic E-state index is -0.720. The fourth-order valence-corrected chi connectivity index (χ4v) is 5.42. The first-order valence-electron chi connectivity index (χ1n) is 11.7. The molecule has 1 N–H and O–H groups in total. The highest BCUT2D eigenvalue weighted by Gasteiger charge is 2.41. The predicted molar refractivity (Wildman–Crippen MR) is 133 cm³/mol. The van der Waals surface area contributed by atoms with Crippen LogP contribution in [0.1, 0.15) is 10.4 Å². The summed E-state index contributed by atoms with van der Waals surface area (Å²) in [6.45, 7) is 5.53. The molecule has 1 aromatic carbocycles. The lowest BCUT2D eigenvalue weighted by Gasteiger charge is -2.39. The number of piperazine rings is 1. The molecule has 2 amide bonds. The van der Waals surface area contributed by atoms with Crippen molar-refractivity contribution in [2.75, 3.05) is 37.7 Å². The van der Waals surface area contributed by atoms with E-state index < -0.39 is 11.9 Å². The molecule has 1 fully saturated rings. The fraction of sp³-hybridized carbons (Fsp3) is 0.280. The van der Waals surface area contributed by atoms with Crippen LogP contribution in [-0.2, 0) is 11.3 Å². The van der Waals surface area contributed by atoms with Crippen molar-refractivity contribution in [1.82, 2.24) is 24.6 Å². The van der Waals surface area contributed by atoms with Crippen LogP contribution >= 0.6 is 11.6 Å². The molecule has 0 radical (unpaired) electrons. The number of halogens is 2. The molecule has 0 saturated carbocycles. The number of carbonyl (C=O) groups excluding carboxylic acids is 2. The van der Waals surface area contributed by atoms with Crippen molar-refractivity contribution >= 4 is 35.1 Å². The highest BCUT2D eigenvalue weighted by atomic mass is 35.5. The van der Waals surface area contributed by atoms with Gasteiger partial charge in [0.15, 0.2) is 11.6 Å². The quantitative estimate of drug-likeness (QED) is 0.525. The third kappa shape index (κ3) is 3.60. The molecule has 3 aromatic rings. The summed E-state index contributed by atoms with van der Waals surface area (Å²) in [7, 11) is 0. The molecule has 6 rings (SSSR count). The van der Waals surface area contributed by atoms with E-state index in [2.05, 4.69) is 16.7 Å². The van der Waals surface area contributed by atoms with Crippen LogP contribution < -0.4 is 9.64 Å². The van der Waals surface area contributed by atoms with Gasteiger partial charge in [0.1, 0.15) is 40.3 Å². The van der Waals surface area contributed by atoms with Gasteiger partial charge in [-0.2, -0.15) is 5.10 Å². The second kappa shape index (κ2) is 8.77. The van der Waals surface area contributed by atoms with Gasteiger partial charge >= 0.3 is 0 Å². The van der Waals surface area contributed by atoms with Gasteiger partial charge in [-0.25, -0.2) is 14.1 Å². The number of rotatable bonds is 3. The lowest BCUT2D eigenvalue weighted by atomic mass is 10.1. The number of benzene rings is 1. The molecule has 10 nitrogen and oxygen atoms in total. The van der Waals surface area contributed by atoms with Crippen molar-refractivity contribution in [1.29, 1.82) is 0 Å². The molecular weight excluding hydrogens is 503 g/mol. The maximum absolute atomic E-state index is 14.9. The Hall–Kier alpha value is -4.12. The fourth-order valence-electron chi connectivity index (χ4n) is 5.13. The molecule has 0 spiro atoms. The smallest absolute Gasteiger partial charge is 0.261 e. The number of aromatic nitrogens is 3. The summed E-state index contributed by atoms with van der Waals surface area (Å²) in [5, 5.41) is 14.7. The number of hydrogen-bond acceptors (Lipinski definition) is 7. The number of phenols is 1. The van der Waals surface area contributed by atoms with E-state index >= 15 is 0 Å². The number of aromatic hydroxyl groups is 1. The van der Waals surface area contributed by atoms with Crippen LogP contribution in [0.25, 0.3) is 11.3 Å². The molecular formula is C25H22ClFN6O4. The van der Waals surface area contributed by atoms with Gasteiger partial charge in [0.25, 0.3) is 5.91 Å². The molecule has 37 heavy (non-hydrogen) atoms. The van der Waals surface area contributed by atoms with Gasteiger partial charge in [0, 0.05) is 32.2 Å². The monoisotopic (exact) mass is 524 g/mol. The molecule has 2 aromatic heterocycles. The van der Waals surface area contributed by atoms with Crippen molar-refractivity contribution in [3.63, 3.8) is 0 Å². The van der Waals surface area contributed by atoms with E-state index in [0.717, 1.165) is 0 Å². The molecule has 1 unspecified atom stereocenters. The zero-order chi connectivity index (χ0) is 25.8. The topological polar surface area (TPSA) is 104 Å². The Kier molecular flexibility index (Phi) is 5.52. The number of anilines is 2. The van der Waals surface area contributed by atoms with Crippen molar-refractivity contribution < 1.29 is 23.8 Å². The molecule has 0 bridgehead atoms. The van der Waals surface area contributed by atoms with Crippen LogP contribution in [0.4, 0.5) is 16.0 Å². The van der Waals surface area contributed by atoms with Crippen molar-refractivity contribution in [3.8, 4) is 22.8 Å². The largest absolute Gasteiger partial charge is 0.507 e. The zero-order valence-corrected chi connectivity index (χ0v) is 20.4. The highest BCUT2D eigenvalue weighted by molar-refractivity contribution is 6.35. The number of phenolic OH excluding ortho intramolecular Hbond substituents is 1. The SMILES string of the molecule is C=CC(=O)N1CCN2C(=O)c3c(N4CCn5nccc54)nc(-c4c(O)cccc4F)c(Cl)c3OCC2C1. The van der Waals surface area contributed by atoms with Crippen molar-refractivity contribution in [3.05, 3.63) is 59.5 Å². The molecule has 5 heterocycles. The Labute approximate surface area is 216 Å². The summed E-state index contributed by atoms with van der Waals surface area (Å²) in [5.41, 5.74) is -0.0876. The van der Waals surface area contributed by atoms with E-state index in [1.54, 1.807) is 26.7 Å². The second-order valence-corrected chi connectivity index (χ2v) is 9.33. The van der Waals surface area contributed by atoms with E-state index in [4.69, 9.17) is 16.3 Å². The Bertz CT molecular complexity index is 1440. The summed E-state index contributed by atoms with van der Waals surface area (Å²) in [5.74, 6) is -0.650. The number of nitrogens with zero attached hydrogens (tertiary/aromatic N) is 6. The van der Waals surface area contributed by atoms with Gasteiger partial charge in [0.05, 0.1) is 24.3 Å². The lowest BCUT2D eigenvalue weighted by Crippen LogP contribution is -2.57. The molecule has 3 aliphatic heterocycles. The Morgan fingerprint density at radius 2 is 2.05 bits per heavy atom. The first kappa shape index (κ1) is 23.3. The standard InChI is InChI=1S/C25H22ClFN6O4/c1-2-18(35)30-8-9-31-14(12-30)13-37-23-20(25(31)36)24(32-10-11-33-17(32)6-7-28-33)29-22(21(23)26)19-15(27)4-3-5-16(19)34/h2-7,14,34H,1,8-13H2. The lowest BCUT2D eigenvalue weighted by molar-refractivity contribution is -0.128. The van der Waals surface area contributed by atoms with Gasteiger partial charge in [-0.15, -0.1) is 0 Å². The minimum absolute atomic E-state index is 0.0416. The molecule has 1 atom stereocenters. The summed E-state index contributed by atoms with van der Waals surface area (Å²) in [6.07, 6.45) is 2.89. The Balaban J connectivity index is 1.53. The van der Waals surface area contributed by atoms with Crippen molar-refractivity contribution in [2.45, 2.75) is 12.6 Å². The number of hydrogen-bond donors (Lipinski definition) is 1. The molecule has 1 saturated heterocycles. The van der Waals surface area contributed by atoms with E-state index in [-0.39, 0.29) is 70.7 Å². The summed E-state index contributed by atoms with van der Waals surface area (Å²) in [6, 6.07) is 5.27. The number of fused-ring (bicyclic) bond motifs is 3. The average Bonchev–Trinajstić information content (AvgIpc) is 3.48. The van der Waals surface area contributed by atoms with Crippen LogP contribution in [0.15, 0.2) is 43.1 Å². The van der Waals surface area contributed by atoms with E-state index in [0.29, 0.717) is 25.5 Å². The van der Waals surface area contributed by atoms with Gasteiger partial charge in [-0.1, -0.05) is 24.2 Å².